The summed E-state index contributed by atoms with van der Waals surface area (Å²) >= 11 is 0. The van der Waals surface area contributed by atoms with Crippen LogP contribution in [0, 0.1) is 10.1 Å². The van der Waals surface area contributed by atoms with Gasteiger partial charge in [-0.25, -0.2) is 0 Å². The van der Waals surface area contributed by atoms with Crippen LogP contribution in [0.25, 0.3) is 6.08 Å². The number of hydrogen-bond acceptors (Lipinski definition) is 5. The van der Waals surface area contributed by atoms with Gasteiger partial charge in [-0.15, -0.1) is 0 Å². The first kappa shape index (κ1) is 13.7. The van der Waals surface area contributed by atoms with E-state index in [9.17, 15) is 14.9 Å². The Morgan fingerprint density at radius 2 is 2.00 bits per heavy atom. The highest BCUT2D eigenvalue weighted by molar-refractivity contribution is 5.95. The highest BCUT2D eigenvalue weighted by Crippen LogP contribution is 2.32. The number of hydrogen-bond donors (Lipinski definition) is 0. The zero-order valence-corrected chi connectivity index (χ0v) is 10.3. The second-order valence-electron chi connectivity index (χ2n) is 3.43. The molecule has 0 atom stereocenters. The number of Topliss-reactive ketones (excluding diaryl/α,β-unsaturated/α-hetero) is 1. The Morgan fingerprint density at radius 3 is 2.44 bits per heavy atom. The minimum absolute atomic E-state index is 0.348. The van der Waals surface area contributed by atoms with Crippen molar-refractivity contribution in [2.75, 3.05) is 14.2 Å². The fourth-order valence-corrected chi connectivity index (χ4v) is 1.46. The summed E-state index contributed by atoms with van der Waals surface area (Å²) < 4.78 is 10.2. The van der Waals surface area contributed by atoms with Crippen LogP contribution in [-0.2, 0) is 4.79 Å². The zero-order valence-electron chi connectivity index (χ0n) is 10.3. The van der Waals surface area contributed by atoms with E-state index in [1.165, 1.54) is 20.3 Å². The highest BCUT2D eigenvalue weighted by atomic mass is 16.6. The van der Waals surface area contributed by atoms with Crippen LogP contribution >= 0.6 is 0 Å². The van der Waals surface area contributed by atoms with Gasteiger partial charge in [0.2, 0.25) is 5.78 Å². The first-order valence-electron chi connectivity index (χ1n) is 5.09. The van der Waals surface area contributed by atoms with Crippen molar-refractivity contribution >= 4 is 11.9 Å². The van der Waals surface area contributed by atoms with E-state index in [1.807, 2.05) is 0 Å². The molecule has 0 saturated carbocycles. The molecule has 0 aliphatic carbocycles. The second-order valence-corrected chi connectivity index (χ2v) is 3.43. The Hall–Kier alpha value is -2.37. The van der Waals surface area contributed by atoms with Gasteiger partial charge in [0.1, 0.15) is 0 Å². The van der Waals surface area contributed by atoms with Gasteiger partial charge in [-0.2, -0.15) is 0 Å². The van der Waals surface area contributed by atoms with E-state index in [4.69, 9.17) is 9.47 Å². The van der Waals surface area contributed by atoms with Crippen LogP contribution in [0.2, 0.25) is 0 Å². The maximum atomic E-state index is 11.2. The van der Waals surface area contributed by atoms with Crippen LogP contribution in [0.15, 0.2) is 23.9 Å². The first-order chi connectivity index (χ1) is 8.51. The minimum atomic E-state index is -0.721. The summed E-state index contributed by atoms with van der Waals surface area (Å²) in [5, 5.41) is 10.7. The molecule has 0 unspecified atom stereocenters. The van der Waals surface area contributed by atoms with Gasteiger partial charge in [-0.05, 0) is 6.07 Å². The Kier molecular flexibility index (Phi) is 4.42. The Labute approximate surface area is 104 Å². The average Bonchev–Trinajstić information content (AvgIpc) is 2.34. The molecule has 96 valence electrons. The third kappa shape index (κ3) is 2.85. The smallest absolute Gasteiger partial charge is 0.312 e. The van der Waals surface area contributed by atoms with Crippen LogP contribution in [0.5, 0.6) is 11.5 Å². The molecular weight excluding hydrogens is 238 g/mol. The van der Waals surface area contributed by atoms with Gasteiger partial charge in [-0.3, -0.25) is 14.9 Å². The van der Waals surface area contributed by atoms with Crippen molar-refractivity contribution in [2.45, 2.75) is 6.92 Å². The van der Waals surface area contributed by atoms with E-state index in [2.05, 4.69) is 0 Å². The highest BCUT2D eigenvalue weighted by Gasteiger charge is 2.19. The fraction of sp³-hybridized carbons (Fsp3) is 0.250. The van der Waals surface area contributed by atoms with Crippen LogP contribution in [-0.4, -0.2) is 24.9 Å². The third-order valence-electron chi connectivity index (χ3n) is 2.28. The summed E-state index contributed by atoms with van der Waals surface area (Å²) in [5.41, 5.74) is -0.0831. The maximum Gasteiger partial charge on any atom is 0.312 e. The molecule has 0 fully saturated rings. The summed E-state index contributed by atoms with van der Waals surface area (Å²) in [4.78, 5) is 21.2. The summed E-state index contributed by atoms with van der Waals surface area (Å²) in [6.07, 6.45) is 1.17. The first-order valence-corrected chi connectivity index (χ1v) is 5.09. The summed E-state index contributed by atoms with van der Waals surface area (Å²) in [5.74, 6) is 0.169. The standard InChI is InChI=1S/C12H13NO5/c1-8(14)10(13(15)16)7-9-5-4-6-11(17-2)12(9)18-3/h4-7H,1-3H3/b10-7-. The predicted octanol–water partition coefficient (Wildman–Crippen LogP) is 1.91. The molecule has 0 amide bonds. The lowest BCUT2D eigenvalue weighted by molar-refractivity contribution is -0.417. The molecule has 1 aromatic carbocycles. The van der Waals surface area contributed by atoms with Crippen molar-refractivity contribution < 1.29 is 19.2 Å². The van der Waals surface area contributed by atoms with Crippen molar-refractivity contribution in [3.63, 3.8) is 0 Å². The topological polar surface area (TPSA) is 78.7 Å². The van der Waals surface area contributed by atoms with Crippen LogP contribution in [0.1, 0.15) is 12.5 Å². The molecule has 6 nitrogen and oxygen atoms in total. The molecule has 6 heteroatoms. The summed E-state index contributed by atoms with van der Waals surface area (Å²) in [7, 11) is 2.89. The normalized spacial score (nSPS) is 10.9. The number of nitro groups is 1. The number of benzene rings is 1. The van der Waals surface area contributed by atoms with E-state index in [1.54, 1.807) is 18.2 Å². The van der Waals surface area contributed by atoms with Crippen molar-refractivity contribution in [2.24, 2.45) is 0 Å². The predicted molar refractivity (Wildman–Crippen MR) is 65.2 cm³/mol. The summed E-state index contributed by atoms with van der Waals surface area (Å²) in [6, 6.07) is 4.93. The molecule has 0 aliphatic heterocycles. The molecule has 0 aromatic heterocycles. The molecule has 0 N–H and O–H groups in total. The van der Waals surface area contributed by atoms with E-state index in [-0.39, 0.29) is 0 Å². The van der Waals surface area contributed by atoms with Crippen molar-refractivity contribution in [1.82, 2.24) is 0 Å². The molecule has 0 spiro atoms. The lowest BCUT2D eigenvalue weighted by atomic mass is 10.1. The van der Waals surface area contributed by atoms with E-state index in [0.717, 1.165) is 6.92 Å². The number of ether oxygens (including phenoxy) is 2. The van der Waals surface area contributed by atoms with Crippen molar-refractivity contribution in [3.8, 4) is 11.5 Å². The molecule has 0 heterocycles. The number of methoxy groups -OCH3 is 2. The molecule has 1 aromatic rings. The number of carbonyl (C=O) groups excluding carboxylic acids is 1. The van der Waals surface area contributed by atoms with Crippen LogP contribution in [0.3, 0.4) is 0 Å². The molecule has 18 heavy (non-hydrogen) atoms. The van der Waals surface area contributed by atoms with Gasteiger partial charge in [0.05, 0.1) is 19.1 Å². The number of para-hydroxylation sites is 1. The molecular formula is C12H13NO5. The van der Waals surface area contributed by atoms with Gasteiger partial charge in [-0.1, -0.05) is 12.1 Å². The zero-order chi connectivity index (χ0) is 13.7. The van der Waals surface area contributed by atoms with E-state index < -0.39 is 16.4 Å². The van der Waals surface area contributed by atoms with Gasteiger partial charge >= 0.3 is 5.70 Å². The average molecular weight is 251 g/mol. The van der Waals surface area contributed by atoms with Gasteiger partial charge in [0.15, 0.2) is 11.5 Å². The molecule has 0 bridgehead atoms. The number of ketones is 1. The quantitative estimate of drug-likeness (QED) is 0.453. The largest absolute Gasteiger partial charge is 0.493 e. The molecule has 0 radical (unpaired) electrons. The number of allylic oxidation sites excluding steroid dienone is 1. The summed E-state index contributed by atoms with van der Waals surface area (Å²) in [6.45, 7) is 1.14. The third-order valence-corrected chi connectivity index (χ3v) is 2.28. The lowest BCUT2D eigenvalue weighted by Gasteiger charge is -2.09. The Balaban J connectivity index is 3.37. The number of rotatable bonds is 5. The van der Waals surface area contributed by atoms with E-state index >= 15 is 0 Å². The number of carbonyl (C=O) groups is 1. The molecule has 1 rings (SSSR count). The second kappa shape index (κ2) is 5.81. The minimum Gasteiger partial charge on any atom is -0.493 e. The lowest BCUT2D eigenvalue weighted by Crippen LogP contribution is -2.07. The molecule has 0 aliphatic rings. The maximum absolute atomic E-state index is 11.2. The van der Waals surface area contributed by atoms with Gasteiger partial charge in [0, 0.05) is 18.6 Å². The Bertz CT molecular complexity index is 491. The Morgan fingerprint density at radius 1 is 1.33 bits per heavy atom. The van der Waals surface area contributed by atoms with Gasteiger partial charge < -0.3 is 9.47 Å². The van der Waals surface area contributed by atoms with Crippen molar-refractivity contribution in [3.05, 3.63) is 39.6 Å². The van der Waals surface area contributed by atoms with Crippen LogP contribution < -0.4 is 9.47 Å². The molecule has 0 saturated heterocycles. The monoisotopic (exact) mass is 251 g/mol. The van der Waals surface area contributed by atoms with Gasteiger partial charge in [0.25, 0.3) is 0 Å². The van der Waals surface area contributed by atoms with Crippen LogP contribution in [0.4, 0.5) is 0 Å². The van der Waals surface area contributed by atoms with Crippen molar-refractivity contribution in [1.29, 1.82) is 0 Å². The number of nitrogens with zero attached hydrogens (tertiary/aromatic N) is 1. The fourth-order valence-electron chi connectivity index (χ4n) is 1.46. The SMILES string of the molecule is COc1cccc(/C=C(/C(C)=O)[N+](=O)[O-])c1OC. The van der Waals surface area contributed by atoms with E-state index in [0.29, 0.717) is 17.1 Å².